The second-order valence-electron chi connectivity index (χ2n) is 9.33. The molecule has 1 heterocycles. The molecular weight excluding hydrogens is 475 g/mol. The van der Waals surface area contributed by atoms with Crippen molar-refractivity contribution in [3.63, 3.8) is 0 Å². The number of hydrogen-bond donors (Lipinski definition) is 1. The van der Waals surface area contributed by atoms with Crippen LogP contribution in [0.15, 0.2) is 103 Å². The highest BCUT2D eigenvalue weighted by Gasteiger charge is 2.14. The number of nitrogens with one attached hydrogen (secondary N) is 1. The molecule has 190 valence electrons. The second kappa shape index (κ2) is 11.6. The number of amides is 1. The molecule has 0 radical (unpaired) electrons. The Kier molecular flexibility index (Phi) is 7.69. The molecule has 0 aliphatic carbocycles. The average molecular weight is 505 g/mol. The summed E-state index contributed by atoms with van der Waals surface area (Å²) in [4.78, 5) is 23.2. The van der Waals surface area contributed by atoms with E-state index in [-0.39, 0.29) is 18.3 Å². The molecule has 0 atom stereocenters. The molecule has 0 bridgehead atoms. The van der Waals surface area contributed by atoms with Gasteiger partial charge in [-0.05, 0) is 52.9 Å². The largest absolute Gasteiger partial charge is 0.365 e. The van der Waals surface area contributed by atoms with Crippen molar-refractivity contribution in [2.45, 2.75) is 25.9 Å². The number of halogens is 1. The lowest BCUT2D eigenvalue weighted by Crippen LogP contribution is -2.26. The Morgan fingerprint density at radius 3 is 2.29 bits per heavy atom. The van der Waals surface area contributed by atoms with E-state index in [0.717, 1.165) is 39.0 Å². The zero-order chi connectivity index (χ0) is 26.3. The Hall–Kier alpha value is -4.58. The number of rotatable bonds is 9. The smallest absolute Gasteiger partial charge is 0.222 e. The highest BCUT2D eigenvalue weighted by molar-refractivity contribution is 5.92. The SMILES string of the molecule is CN(Cc1cc(-c2ccc3ncnc(NCc4ccccc4)c3c2)ccc1F)C(=O)CCc1ccccc1. The van der Waals surface area contributed by atoms with Crippen molar-refractivity contribution in [2.75, 3.05) is 12.4 Å². The van der Waals surface area contributed by atoms with Crippen molar-refractivity contribution in [2.24, 2.45) is 0 Å². The van der Waals surface area contributed by atoms with Crippen LogP contribution >= 0.6 is 0 Å². The summed E-state index contributed by atoms with van der Waals surface area (Å²) in [6.07, 6.45) is 2.59. The summed E-state index contributed by atoms with van der Waals surface area (Å²) in [7, 11) is 1.72. The topological polar surface area (TPSA) is 58.1 Å². The van der Waals surface area contributed by atoms with Crippen molar-refractivity contribution in [1.82, 2.24) is 14.9 Å². The van der Waals surface area contributed by atoms with Crippen molar-refractivity contribution in [1.29, 1.82) is 0 Å². The average Bonchev–Trinajstić information content (AvgIpc) is 2.96. The molecule has 5 nitrogen and oxygen atoms in total. The molecule has 0 aliphatic heterocycles. The fraction of sp³-hybridized carbons (Fsp3) is 0.156. The summed E-state index contributed by atoms with van der Waals surface area (Å²) in [5.41, 5.74) is 5.36. The van der Waals surface area contributed by atoms with Crippen LogP contribution in [0.3, 0.4) is 0 Å². The first kappa shape index (κ1) is 25.1. The molecule has 0 saturated carbocycles. The van der Waals surface area contributed by atoms with Crippen molar-refractivity contribution in [3.8, 4) is 11.1 Å². The minimum atomic E-state index is -0.328. The molecule has 1 aromatic heterocycles. The van der Waals surface area contributed by atoms with Gasteiger partial charge >= 0.3 is 0 Å². The van der Waals surface area contributed by atoms with Crippen LogP contribution in [0.1, 0.15) is 23.1 Å². The van der Waals surface area contributed by atoms with Crippen LogP contribution in [0.4, 0.5) is 10.2 Å². The summed E-state index contributed by atoms with van der Waals surface area (Å²) < 4.78 is 14.8. The quantitative estimate of drug-likeness (QED) is 0.245. The first-order valence-electron chi connectivity index (χ1n) is 12.7. The Bertz CT molecular complexity index is 1540. The van der Waals surface area contributed by atoms with E-state index in [1.54, 1.807) is 24.3 Å². The summed E-state index contributed by atoms with van der Waals surface area (Å²) in [5, 5.41) is 4.30. The van der Waals surface area contributed by atoms with Crippen LogP contribution in [0.5, 0.6) is 0 Å². The normalized spacial score (nSPS) is 10.9. The van der Waals surface area contributed by atoms with E-state index in [4.69, 9.17) is 0 Å². The highest BCUT2D eigenvalue weighted by Crippen LogP contribution is 2.29. The van der Waals surface area contributed by atoms with E-state index in [9.17, 15) is 9.18 Å². The first-order valence-corrected chi connectivity index (χ1v) is 12.7. The maximum atomic E-state index is 14.8. The number of aryl methyl sites for hydroxylation is 1. The molecule has 1 amide bonds. The van der Waals surface area contributed by atoms with E-state index in [2.05, 4.69) is 27.4 Å². The third-order valence-electron chi connectivity index (χ3n) is 6.62. The van der Waals surface area contributed by atoms with Crippen LogP contribution in [0, 0.1) is 5.82 Å². The zero-order valence-corrected chi connectivity index (χ0v) is 21.3. The number of fused-ring (bicyclic) bond motifs is 1. The number of nitrogens with zero attached hydrogens (tertiary/aromatic N) is 3. The van der Waals surface area contributed by atoms with Crippen LogP contribution in [0.2, 0.25) is 0 Å². The predicted octanol–water partition coefficient (Wildman–Crippen LogP) is 6.64. The van der Waals surface area contributed by atoms with E-state index < -0.39 is 0 Å². The van der Waals surface area contributed by atoms with Gasteiger partial charge in [-0.15, -0.1) is 0 Å². The molecule has 5 rings (SSSR count). The van der Waals surface area contributed by atoms with E-state index >= 15 is 0 Å². The molecule has 0 fully saturated rings. The number of hydrogen-bond acceptors (Lipinski definition) is 4. The van der Waals surface area contributed by atoms with Gasteiger partial charge in [-0.25, -0.2) is 14.4 Å². The third-order valence-corrected chi connectivity index (χ3v) is 6.62. The maximum absolute atomic E-state index is 14.8. The molecule has 1 N–H and O–H groups in total. The fourth-order valence-electron chi connectivity index (χ4n) is 4.46. The van der Waals surface area contributed by atoms with Crippen molar-refractivity contribution >= 4 is 22.6 Å². The molecular formula is C32H29FN4O. The van der Waals surface area contributed by atoms with Crippen LogP contribution in [-0.4, -0.2) is 27.8 Å². The van der Waals surface area contributed by atoms with Crippen LogP contribution < -0.4 is 5.32 Å². The summed E-state index contributed by atoms with van der Waals surface area (Å²) in [6, 6.07) is 31.0. The highest BCUT2D eigenvalue weighted by atomic mass is 19.1. The molecule has 0 saturated heterocycles. The molecule has 5 aromatic rings. The second-order valence-corrected chi connectivity index (χ2v) is 9.33. The minimum Gasteiger partial charge on any atom is -0.365 e. The monoisotopic (exact) mass is 504 g/mol. The summed E-state index contributed by atoms with van der Waals surface area (Å²) in [6.45, 7) is 0.844. The molecule has 4 aromatic carbocycles. The lowest BCUT2D eigenvalue weighted by molar-refractivity contribution is -0.130. The van der Waals surface area contributed by atoms with Gasteiger partial charge < -0.3 is 10.2 Å². The van der Waals surface area contributed by atoms with Gasteiger partial charge in [0.05, 0.1) is 5.52 Å². The van der Waals surface area contributed by atoms with E-state index in [1.165, 1.54) is 6.07 Å². The molecule has 6 heteroatoms. The van der Waals surface area contributed by atoms with Gasteiger partial charge in [0.1, 0.15) is 18.0 Å². The zero-order valence-electron chi connectivity index (χ0n) is 21.3. The van der Waals surface area contributed by atoms with E-state index in [1.807, 2.05) is 72.8 Å². The number of carbonyl (C=O) groups excluding carboxylic acids is 1. The van der Waals surface area contributed by atoms with Crippen molar-refractivity contribution in [3.05, 3.63) is 126 Å². The van der Waals surface area contributed by atoms with Gasteiger partial charge in [0, 0.05) is 37.5 Å². The lowest BCUT2D eigenvalue weighted by atomic mass is 10.0. The van der Waals surface area contributed by atoms with Crippen LogP contribution in [-0.2, 0) is 24.3 Å². The van der Waals surface area contributed by atoms with Gasteiger partial charge in [0.15, 0.2) is 0 Å². The summed E-state index contributed by atoms with van der Waals surface area (Å²) in [5.74, 6) is 0.397. The van der Waals surface area contributed by atoms with Gasteiger partial charge in [0.25, 0.3) is 0 Å². The molecule has 0 spiro atoms. The van der Waals surface area contributed by atoms with Gasteiger partial charge in [-0.3, -0.25) is 4.79 Å². The number of anilines is 1. The standard InChI is InChI=1S/C32H29FN4O/c1-37(31(38)17-12-23-8-4-2-5-9-23)21-27-18-25(13-15-29(27)33)26-14-16-30-28(19-26)32(36-22-35-30)34-20-24-10-6-3-7-11-24/h2-11,13-16,18-19,22H,12,17,20-21H2,1H3,(H,34,35,36). The van der Waals surface area contributed by atoms with Crippen molar-refractivity contribution < 1.29 is 9.18 Å². The molecule has 0 unspecified atom stereocenters. The minimum absolute atomic E-state index is 0.0179. The Labute approximate surface area is 222 Å². The third kappa shape index (κ3) is 6.03. The fourth-order valence-corrected chi connectivity index (χ4v) is 4.46. The Morgan fingerprint density at radius 2 is 1.53 bits per heavy atom. The number of aromatic nitrogens is 2. The number of benzene rings is 4. The molecule has 0 aliphatic rings. The van der Waals surface area contributed by atoms with E-state index in [0.29, 0.717) is 24.9 Å². The first-order chi connectivity index (χ1) is 18.6. The summed E-state index contributed by atoms with van der Waals surface area (Å²) >= 11 is 0. The Balaban J connectivity index is 1.33. The van der Waals surface area contributed by atoms with Crippen LogP contribution in [0.25, 0.3) is 22.0 Å². The predicted molar refractivity (Wildman–Crippen MR) is 150 cm³/mol. The Morgan fingerprint density at radius 1 is 0.842 bits per heavy atom. The maximum Gasteiger partial charge on any atom is 0.222 e. The number of carbonyl (C=O) groups is 1. The van der Waals surface area contributed by atoms with Gasteiger partial charge in [-0.1, -0.05) is 72.8 Å². The molecule has 38 heavy (non-hydrogen) atoms. The van der Waals surface area contributed by atoms with Gasteiger partial charge in [0.2, 0.25) is 5.91 Å². The van der Waals surface area contributed by atoms with Gasteiger partial charge in [-0.2, -0.15) is 0 Å². The lowest BCUT2D eigenvalue weighted by Gasteiger charge is -2.18.